The van der Waals surface area contributed by atoms with Crippen molar-refractivity contribution in [1.82, 2.24) is 0 Å². The van der Waals surface area contributed by atoms with Crippen molar-refractivity contribution in [3.8, 4) is 0 Å². The van der Waals surface area contributed by atoms with E-state index in [1.807, 2.05) is 0 Å². The van der Waals surface area contributed by atoms with Gasteiger partial charge in [-0.1, -0.05) is 0 Å². The Hall–Kier alpha value is 1.06. The summed E-state index contributed by atoms with van der Waals surface area (Å²) in [6, 6.07) is 0. The third kappa shape index (κ3) is 161. The summed E-state index contributed by atoms with van der Waals surface area (Å²) in [6.07, 6.45) is 0. The van der Waals surface area contributed by atoms with Crippen LogP contribution in [0.15, 0.2) is 0 Å². The number of hydrogen-bond acceptors (Lipinski definition) is 0. The zero-order chi connectivity index (χ0) is 3.58. The zero-order valence-electron chi connectivity index (χ0n) is 3.17. The molecule has 0 bridgehead atoms. The van der Waals surface area contributed by atoms with Crippen LogP contribution in [-0.2, 0) is 19.5 Å². The molecule has 0 saturated heterocycles. The minimum absolute atomic E-state index is 0. The van der Waals surface area contributed by atoms with E-state index in [0.29, 0.717) is 0 Å². The first-order chi connectivity index (χ1) is 1.73. The first kappa shape index (κ1) is 24.4. The molecule has 0 aliphatic rings. The molecule has 7 heavy (non-hydrogen) atoms. The molecule has 0 atom stereocenters. The van der Waals surface area contributed by atoms with E-state index in [0.717, 1.165) is 0 Å². The molecule has 7 heteroatoms. The second-order valence-corrected chi connectivity index (χ2v) is 0.247. The van der Waals surface area contributed by atoms with Crippen molar-refractivity contribution in [3.05, 3.63) is 0 Å². The van der Waals surface area contributed by atoms with Crippen LogP contribution in [0.4, 0.5) is 12.9 Å². The first-order valence-corrected chi connectivity index (χ1v) is 0.655. The van der Waals surface area contributed by atoms with Crippen LogP contribution in [0.5, 0.6) is 0 Å². The molecule has 0 spiro atoms. The largest absolute Gasteiger partial charge is 2.00 e. The third-order valence-electron chi connectivity index (χ3n) is 0. The molecule has 0 radical (unpaired) electrons. The third-order valence-corrected chi connectivity index (χ3v) is 0. The van der Waals surface area contributed by atoms with E-state index in [1.165, 1.54) is 0 Å². The van der Waals surface area contributed by atoms with Crippen molar-refractivity contribution < 1.29 is 57.2 Å². The average Bonchev–Trinajstić information content (AvgIpc) is 0.811. The smallest absolute Gasteiger partial charge is 1.00 e. The molecular weight excluding hydrogens is 204 g/mol. The summed E-state index contributed by atoms with van der Waals surface area (Å²) in [5, 5.41) is 0. The molecule has 0 nitrogen and oxygen atoms in total. The van der Waals surface area contributed by atoms with Crippen LogP contribution in [0.1, 0.15) is 0 Å². The van der Waals surface area contributed by atoms with E-state index in [-0.39, 0.29) is 44.3 Å². The van der Waals surface area contributed by atoms with Crippen molar-refractivity contribution in [2.75, 3.05) is 0 Å². The maximum absolute atomic E-state index is 9.67. The molecule has 40 valence electrons. The van der Waals surface area contributed by atoms with E-state index < -0.39 is 7.54 Å². The Morgan fingerprint density at radius 2 is 0.857 bits per heavy atom. The van der Waals surface area contributed by atoms with Gasteiger partial charge in [-0.25, -0.2) is 0 Å². The fourth-order valence-electron chi connectivity index (χ4n) is 0. The molecule has 0 aliphatic heterocycles. The molecule has 0 aromatic carbocycles. The van der Waals surface area contributed by atoms with Gasteiger partial charge in [0.2, 0.25) is 0 Å². The summed E-state index contributed by atoms with van der Waals surface area (Å²) in [6.45, 7) is 0. The Balaban J connectivity index is -0.0000000150. The van der Waals surface area contributed by atoms with E-state index in [4.69, 9.17) is 0 Å². The Morgan fingerprint density at radius 1 is 0.857 bits per heavy atom. The SMILES string of the molecule is FB(F)F.[Cl-].[Cl-].[Zn+2]. The minimum atomic E-state index is -3.67. The summed E-state index contributed by atoms with van der Waals surface area (Å²) >= 11 is 0. The Bertz CT molecular complexity index is 17.7. The first-order valence-electron chi connectivity index (χ1n) is 0.655. The topological polar surface area (TPSA) is 0 Å². The van der Waals surface area contributed by atoms with Crippen LogP contribution < -0.4 is 24.8 Å². The molecule has 0 aromatic heterocycles. The van der Waals surface area contributed by atoms with Crippen molar-refractivity contribution in [2.45, 2.75) is 0 Å². The van der Waals surface area contributed by atoms with Gasteiger partial charge < -0.3 is 24.8 Å². The second-order valence-electron chi connectivity index (χ2n) is 0.247. The van der Waals surface area contributed by atoms with E-state index in [9.17, 15) is 12.9 Å². The van der Waals surface area contributed by atoms with Crippen LogP contribution in [0.3, 0.4) is 0 Å². The van der Waals surface area contributed by atoms with E-state index in [1.54, 1.807) is 0 Å². The van der Waals surface area contributed by atoms with Gasteiger partial charge in [-0.3, -0.25) is 12.9 Å². The van der Waals surface area contributed by atoms with E-state index in [2.05, 4.69) is 0 Å². The Kier molecular flexibility index (Phi) is 54.8. The summed E-state index contributed by atoms with van der Waals surface area (Å²) in [7, 11) is -3.67. The molecular formula is BCl2F3Zn. The van der Waals surface area contributed by atoms with Crippen LogP contribution in [0.25, 0.3) is 0 Å². The minimum Gasteiger partial charge on any atom is -1.00 e. The number of halogens is 5. The van der Waals surface area contributed by atoms with Gasteiger partial charge in [0.25, 0.3) is 0 Å². The monoisotopic (exact) mass is 202 g/mol. The van der Waals surface area contributed by atoms with E-state index >= 15 is 0 Å². The van der Waals surface area contributed by atoms with Gasteiger partial charge in [-0.15, -0.1) is 0 Å². The fraction of sp³-hybridized carbons (Fsp3) is 0. The Morgan fingerprint density at radius 3 is 0.857 bits per heavy atom. The molecule has 0 N–H and O–H groups in total. The molecule has 0 aliphatic carbocycles. The average molecular weight is 204 g/mol. The summed E-state index contributed by atoms with van der Waals surface area (Å²) in [4.78, 5) is 0. The van der Waals surface area contributed by atoms with Gasteiger partial charge >= 0.3 is 27.0 Å². The number of hydrogen-bond donors (Lipinski definition) is 0. The van der Waals surface area contributed by atoms with Crippen molar-refractivity contribution in [3.63, 3.8) is 0 Å². The van der Waals surface area contributed by atoms with Crippen molar-refractivity contribution in [1.29, 1.82) is 0 Å². The summed E-state index contributed by atoms with van der Waals surface area (Å²) in [5.41, 5.74) is 0. The van der Waals surface area contributed by atoms with Crippen molar-refractivity contribution >= 4 is 7.54 Å². The van der Waals surface area contributed by atoms with Crippen molar-refractivity contribution in [2.24, 2.45) is 0 Å². The van der Waals surface area contributed by atoms with Gasteiger partial charge in [-0.05, 0) is 0 Å². The molecule has 0 rings (SSSR count). The molecule has 0 unspecified atom stereocenters. The Labute approximate surface area is 65.0 Å². The summed E-state index contributed by atoms with van der Waals surface area (Å²) in [5.74, 6) is 0. The van der Waals surface area contributed by atoms with Crippen LogP contribution in [0.2, 0.25) is 0 Å². The quantitative estimate of drug-likeness (QED) is 0.346. The molecule has 0 fully saturated rings. The molecule has 0 amide bonds. The van der Waals surface area contributed by atoms with Gasteiger partial charge in [0.1, 0.15) is 0 Å². The predicted molar refractivity (Wildman–Crippen MR) is 9.08 cm³/mol. The van der Waals surface area contributed by atoms with Crippen LogP contribution in [-0.4, -0.2) is 7.54 Å². The van der Waals surface area contributed by atoms with Crippen LogP contribution >= 0.6 is 0 Å². The summed E-state index contributed by atoms with van der Waals surface area (Å²) < 4.78 is 29.0. The number of rotatable bonds is 0. The molecule has 0 aromatic rings. The fourth-order valence-corrected chi connectivity index (χ4v) is 0. The van der Waals surface area contributed by atoms with Gasteiger partial charge in [0.15, 0.2) is 0 Å². The second kappa shape index (κ2) is 15.7. The van der Waals surface area contributed by atoms with Gasteiger partial charge in [0, 0.05) is 0 Å². The predicted octanol–water partition coefficient (Wildman–Crippen LogP) is -5.11. The van der Waals surface area contributed by atoms with Gasteiger partial charge in [0.05, 0.1) is 0 Å². The maximum Gasteiger partial charge on any atom is 2.00 e. The normalized spacial score (nSPS) is 3.86. The molecule has 0 saturated carbocycles. The molecule has 0 heterocycles. The zero-order valence-corrected chi connectivity index (χ0v) is 7.65. The van der Waals surface area contributed by atoms with Crippen LogP contribution in [0, 0.1) is 0 Å². The maximum atomic E-state index is 9.67. The standard InChI is InChI=1S/BF3.2ClH.Zn/c2-1(3)4;;;/h;2*1H;/q;;;+2/p-2. The van der Waals surface area contributed by atoms with Gasteiger partial charge in [-0.2, -0.15) is 0 Å².